The van der Waals surface area contributed by atoms with Crippen LogP contribution in [0.25, 0.3) is 0 Å². The number of benzene rings is 1. The maximum Gasteiger partial charge on any atom is 0.0367 e. The highest BCUT2D eigenvalue weighted by Crippen LogP contribution is 2.15. The van der Waals surface area contributed by atoms with Crippen molar-refractivity contribution >= 4 is 5.69 Å². The van der Waals surface area contributed by atoms with Crippen LogP contribution in [0, 0.1) is 0 Å². The van der Waals surface area contributed by atoms with Gasteiger partial charge in [-0.25, -0.2) is 0 Å². The van der Waals surface area contributed by atoms with Crippen molar-refractivity contribution in [2.45, 2.75) is 0 Å². The third-order valence-corrected chi connectivity index (χ3v) is 3.13. The molecule has 0 saturated carbocycles. The van der Waals surface area contributed by atoms with E-state index in [9.17, 15) is 0 Å². The van der Waals surface area contributed by atoms with E-state index in [-0.39, 0.29) is 0 Å². The van der Waals surface area contributed by atoms with Crippen LogP contribution in [0.15, 0.2) is 55.1 Å². The monoisotopic (exact) mass is 228 g/mol. The molecule has 0 N–H and O–H groups in total. The summed E-state index contributed by atoms with van der Waals surface area (Å²) < 4.78 is 0. The Bertz CT molecular complexity index is 362. The van der Waals surface area contributed by atoms with Crippen LogP contribution in [-0.2, 0) is 0 Å². The van der Waals surface area contributed by atoms with Crippen LogP contribution in [0.5, 0.6) is 0 Å². The number of piperazine rings is 1. The lowest BCUT2D eigenvalue weighted by atomic mass is 10.2. The number of anilines is 1. The van der Waals surface area contributed by atoms with Gasteiger partial charge >= 0.3 is 0 Å². The number of allylic oxidation sites excluding steroid dienone is 2. The molecule has 0 aromatic heterocycles. The van der Waals surface area contributed by atoms with Crippen molar-refractivity contribution in [1.82, 2.24) is 4.90 Å². The molecule has 2 heteroatoms. The summed E-state index contributed by atoms with van der Waals surface area (Å²) in [5, 5.41) is 0. The number of nitrogens with zero attached hydrogens (tertiary/aromatic N) is 2. The summed E-state index contributed by atoms with van der Waals surface area (Å²) >= 11 is 0. The Kier molecular flexibility index (Phi) is 4.39. The predicted molar refractivity (Wildman–Crippen MR) is 74.4 cm³/mol. The summed E-state index contributed by atoms with van der Waals surface area (Å²) in [6, 6.07) is 10.7. The molecule has 0 atom stereocenters. The summed E-state index contributed by atoms with van der Waals surface area (Å²) in [7, 11) is 0. The highest BCUT2D eigenvalue weighted by molar-refractivity contribution is 5.46. The molecule has 1 saturated heterocycles. The second-order valence-corrected chi connectivity index (χ2v) is 4.29. The van der Waals surface area contributed by atoms with Gasteiger partial charge in [0.15, 0.2) is 0 Å². The zero-order chi connectivity index (χ0) is 11.9. The zero-order valence-corrected chi connectivity index (χ0v) is 10.3. The van der Waals surface area contributed by atoms with Gasteiger partial charge in [0, 0.05) is 38.4 Å². The van der Waals surface area contributed by atoms with Crippen molar-refractivity contribution in [3.8, 4) is 0 Å². The van der Waals surface area contributed by atoms with E-state index in [1.54, 1.807) is 0 Å². The van der Waals surface area contributed by atoms with Gasteiger partial charge < -0.3 is 4.90 Å². The molecule has 0 aliphatic carbocycles. The molecular weight excluding hydrogens is 208 g/mol. The fourth-order valence-corrected chi connectivity index (χ4v) is 2.13. The second-order valence-electron chi connectivity index (χ2n) is 4.29. The average molecular weight is 228 g/mol. The summed E-state index contributed by atoms with van der Waals surface area (Å²) in [6.07, 6.45) is 6.02. The van der Waals surface area contributed by atoms with E-state index in [1.807, 2.05) is 12.2 Å². The SMILES string of the molecule is C=C/C=C\CN1CCN(c2ccccc2)CC1. The molecule has 2 nitrogen and oxygen atoms in total. The van der Waals surface area contributed by atoms with Crippen LogP contribution in [-0.4, -0.2) is 37.6 Å². The maximum atomic E-state index is 3.68. The van der Waals surface area contributed by atoms with Crippen molar-refractivity contribution in [1.29, 1.82) is 0 Å². The van der Waals surface area contributed by atoms with Crippen molar-refractivity contribution < 1.29 is 0 Å². The first kappa shape index (κ1) is 11.9. The third-order valence-electron chi connectivity index (χ3n) is 3.13. The molecule has 0 unspecified atom stereocenters. The van der Waals surface area contributed by atoms with Gasteiger partial charge in [0.25, 0.3) is 0 Å². The molecule has 1 aliphatic heterocycles. The van der Waals surface area contributed by atoms with E-state index in [2.05, 4.69) is 52.8 Å². The minimum atomic E-state index is 1.04. The molecule has 0 amide bonds. The molecule has 17 heavy (non-hydrogen) atoms. The number of hydrogen-bond acceptors (Lipinski definition) is 2. The molecule has 1 fully saturated rings. The molecular formula is C15H20N2. The van der Waals surface area contributed by atoms with E-state index in [4.69, 9.17) is 0 Å². The standard InChI is InChI=1S/C15H20N2/c1-2-3-7-10-16-11-13-17(14-12-16)15-8-5-4-6-9-15/h2-9H,1,10-14H2/b7-3-. The Morgan fingerprint density at radius 2 is 1.76 bits per heavy atom. The van der Waals surface area contributed by atoms with E-state index < -0.39 is 0 Å². The molecule has 1 aromatic rings. The van der Waals surface area contributed by atoms with Crippen LogP contribution in [0.3, 0.4) is 0 Å². The van der Waals surface area contributed by atoms with Gasteiger partial charge in [-0.15, -0.1) is 0 Å². The van der Waals surface area contributed by atoms with E-state index >= 15 is 0 Å². The summed E-state index contributed by atoms with van der Waals surface area (Å²) in [4.78, 5) is 4.92. The average Bonchev–Trinajstić information content (AvgIpc) is 2.41. The van der Waals surface area contributed by atoms with Crippen LogP contribution < -0.4 is 4.90 Å². The largest absolute Gasteiger partial charge is 0.369 e. The maximum absolute atomic E-state index is 3.68. The van der Waals surface area contributed by atoms with E-state index in [0.29, 0.717) is 0 Å². The van der Waals surface area contributed by atoms with Crippen LogP contribution >= 0.6 is 0 Å². The molecule has 0 radical (unpaired) electrons. The molecule has 1 aliphatic rings. The second kappa shape index (κ2) is 6.26. The van der Waals surface area contributed by atoms with Gasteiger partial charge in [-0.05, 0) is 12.1 Å². The van der Waals surface area contributed by atoms with Gasteiger partial charge in [-0.3, -0.25) is 4.90 Å². The van der Waals surface area contributed by atoms with Crippen molar-refractivity contribution in [3.63, 3.8) is 0 Å². The zero-order valence-electron chi connectivity index (χ0n) is 10.3. The third kappa shape index (κ3) is 3.46. The fourth-order valence-electron chi connectivity index (χ4n) is 2.13. The van der Waals surface area contributed by atoms with Crippen LogP contribution in [0.1, 0.15) is 0 Å². The minimum absolute atomic E-state index is 1.04. The van der Waals surface area contributed by atoms with Gasteiger partial charge in [-0.2, -0.15) is 0 Å². The molecule has 0 spiro atoms. The van der Waals surface area contributed by atoms with Gasteiger partial charge in [0.1, 0.15) is 0 Å². The van der Waals surface area contributed by atoms with Gasteiger partial charge in [0.2, 0.25) is 0 Å². The van der Waals surface area contributed by atoms with E-state index in [1.165, 1.54) is 5.69 Å². The Morgan fingerprint density at radius 3 is 2.41 bits per heavy atom. The van der Waals surface area contributed by atoms with Crippen LogP contribution in [0.2, 0.25) is 0 Å². The molecule has 1 aromatic carbocycles. The Morgan fingerprint density at radius 1 is 1.06 bits per heavy atom. The Hall–Kier alpha value is -1.54. The first-order valence-corrected chi connectivity index (χ1v) is 6.20. The molecule has 0 bridgehead atoms. The van der Waals surface area contributed by atoms with Gasteiger partial charge in [-0.1, -0.05) is 43.0 Å². The number of para-hydroxylation sites is 1. The van der Waals surface area contributed by atoms with Gasteiger partial charge in [0.05, 0.1) is 0 Å². The summed E-state index contributed by atoms with van der Waals surface area (Å²) in [5.41, 5.74) is 1.34. The lowest BCUT2D eigenvalue weighted by Crippen LogP contribution is -2.46. The highest BCUT2D eigenvalue weighted by atomic mass is 15.3. The Labute approximate surface area is 104 Å². The molecule has 1 heterocycles. The first-order chi connectivity index (χ1) is 8.40. The lowest BCUT2D eigenvalue weighted by Gasteiger charge is -2.35. The number of hydrogen-bond donors (Lipinski definition) is 0. The smallest absolute Gasteiger partial charge is 0.0367 e. The normalized spacial score (nSPS) is 17.5. The Balaban J connectivity index is 1.82. The molecule has 2 rings (SSSR count). The van der Waals surface area contributed by atoms with Crippen LogP contribution in [0.4, 0.5) is 5.69 Å². The first-order valence-electron chi connectivity index (χ1n) is 6.20. The van der Waals surface area contributed by atoms with Crippen molar-refractivity contribution in [2.24, 2.45) is 0 Å². The topological polar surface area (TPSA) is 6.48 Å². The van der Waals surface area contributed by atoms with E-state index in [0.717, 1.165) is 32.7 Å². The van der Waals surface area contributed by atoms with Crippen molar-refractivity contribution in [3.05, 3.63) is 55.1 Å². The summed E-state index contributed by atoms with van der Waals surface area (Å²) in [6.45, 7) is 9.22. The molecule has 90 valence electrons. The quantitative estimate of drug-likeness (QED) is 0.731. The van der Waals surface area contributed by atoms with Crippen molar-refractivity contribution in [2.75, 3.05) is 37.6 Å². The highest BCUT2D eigenvalue weighted by Gasteiger charge is 2.15. The lowest BCUT2D eigenvalue weighted by molar-refractivity contribution is 0.284. The minimum Gasteiger partial charge on any atom is -0.369 e. The summed E-state index contributed by atoms with van der Waals surface area (Å²) in [5.74, 6) is 0. The number of rotatable bonds is 4. The predicted octanol–water partition coefficient (Wildman–Crippen LogP) is 2.55. The fraction of sp³-hybridized carbons (Fsp3) is 0.333.